The van der Waals surface area contributed by atoms with E-state index >= 15 is 0 Å². The van der Waals surface area contributed by atoms with Crippen molar-refractivity contribution in [1.29, 1.82) is 0 Å². The third-order valence-electron chi connectivity index (χ3n) is 5.38. The first-order valence-electron chi connectivity index (χ1n) is 8.23. The molecule has 2 aliphatic rings. The maximum absolute atomic E-state index is 13.0. The zero-order chi connectivity index (χ0) is 15.7. The predicted molar refractivity (Wildman–Crippen MR) is 82.8 cm³/mol. The molecule has 120 valence electrons. The smallest absolute Gasteiger partial charge is 0.226 e. The largest absolute Gasteiger partial charge is 0.396 e. The lowest BCUT2D eigenvalue weighted by Gasteiger charge is -2.34. The van der Waals surface area contributed by atoms with Gasteiger partial charge in [0, 0.05) is 25.6 Å². The van der Waals surface area contributed by atoms with Crippen molar-refractivity contribution in [3.8, 4) is 0 Å². The van der Waals surface area contributed by atoms with Crippen LogP contribution in [0.2, 0.25) is 0 Å². The normalized spacial score (nSPS) is 30.9. The molecule has 2 unspecified atom stereocenters. The Morgan fingerprint density at radius 3 is 2.45 bits per heavy atom. The highest BCUT2D eigenvalue weighted by Crippen LogP contribution is 2.48. The van der Waals surface area contributed by atoms with Gasteiger partial charge in [0.25, 0.3) is 0 Å². The molecule has 2 fully saturated rings. The quantitative estimate of drug-likeness (QED) is 0.929. The van der Waals surface area contributed by atoms with Gasteiger partial charge in [-0.25, -0.2) is 4.39 Å². The lowest BCUT2D eigenvalue weighted by atomic mass is 9.86. The van der Waals surface area contributed by atoms with Gasteiger partial charge in [0.05, 0.1) is 0 Å². The highest BCUT2D eigenvalue weighted by atomic mass is 19.1. The summed E-state index contributed by atoms with van der Waals surface area (Å²) in [5.41, 5.74) is 1.07. The average molecular weight is 305 g/mol. The molecule has 2 aliphatic carbocycles. The van der Waals surface area contributed by atoms with Crippen LogP contribution in [-0.4, -0.2) is 35.6 Å². The molecular formula is C18H24FNO2. The minimum absolute atomic E-state index is 0.0611. The van der Waals surface area contributed by atoms with E-state index in [1.165, 1.54) is 12.1 Å². The Morgan fingerprint density at radius 2 is 1.86 bits per heavy atom. The topological polar surface area (TPSA) is 40.5 Å². The summed E-state index contributed by atoms with van der Waals surface area (Å²) in [6.45, 7) is 0.264. The predicted octanol–water partition coefficient (Wildman–Crippen LogP) is 2.94. The number of aliphatic hydroxyl groups is 1. The first kappa shape index (κ1) is 15.5. The molecule has 1 aromatic carbocycles. The lowest BCUT2D eigenvalue weighted by molar-refractivity contribution is -0.134. The Labute approximate surface area is 131 Å². The number of benzene rings is 1. The third kappa shape index (κ3) is 3.17. The van der Waals surface area contributed by atoms with Gasteiger partial charge in [-0.05, 0) is 61.6 Å². The SMILES string of the molecule is CN(C(=O)C1CC1c1ccc(F)cc1)C1CCC(CO)CC1. The summed E-state index contributed by atoms with van der Waals surface area (Å²) >= 11 is 0. The summed E-state index contributed by atoms with van der Waals surface area (Å²) in [5.74, 6) is 0.717. The van der Waals surface area contributed by atoms with E-state index < -0.39 is 0 Å². The van der Waals surface area contributed by atoms with E-state index in [4.69, 9.17) is 0 Å². The maximum Gasteiger partial charge on any atom is 0.226 e. The summed E-state index contributed by atoms with van der Waals surface area (Å²) in [4.78, 5) is 14.5. The van der Waals surface area contributed by atoms with Crippen LogP contribution in [0.25, 0.3) is 0 Å². The lowest BCUT2D eigenvalue weighted by Crippen LogP contribution is -2.40. The van der Waals surface area contributed by atoms with Crippen LogP contribution in [0.15, 0.2) is 24.3 Å². The number of rotatable bonds is 4. The Hall–Kier alpha value is -1.42. The molecule has 0 radical (unpaired) electrons. The molecule has 0 heterocycles. The number of carbonyl (C=O) groups excluding carboxylic acids is 1. The highest BCUT2D eigenvalue weighted by Gasteiger charge is 2.46. The van der Waals surface area contributed by atoms with Crippen molar-refractivity contribution in [3.63, 3.8) is 0 Å². The summed E-state index contributed by atoms with van der Waals surface area (Å²) in [6, 6.07) is 6.83. The maximum atomic E-state index is 13.0. The van der Waals surface area contributed by atoms with Crippen LogP contribution in [0.4, 0.5) is 4.39 Å². The Balaban J connectivity index is 1.55. The number of amides is 1. The molecule has 1 amide bonds. The van der Waals surface area contributed by atoms with Crippen molar-refractivity contribution in [2.24, 2.45) is 11.8 Å². The zero-order valence-corrected chi connectivity index (χ0v) is 13.0. The van der Waals surface area contributed by atoms with Crippen molar-refractivity contribution in [2.45, 2.75) is 44.1 Å². The van der Waals surface area contributed by atoms with Gasteiger partial charge in [-0.2, -0.15) is 0 Å². The van der Waals surface area contributed by atoms with Crippen LogP contribution in [0.3, 0.4) is 0 Å². The van der Waals surface area contributed by atoms with Gasteiger partial charge >= 0.3 is 0 Å². The number of hydrogen-bond acceptors (Lipinski definition) is 2. The first-order valence-corrected chi connectivity index (χ1v) is 8.23. The van der Waals surface area contributed by atoms with E-state index in [2.05, 4.69) is 0 Å². The van der Waals surface area contributed by atoms with Crippen LogP contribution >= 0.6 is 0 Å². The van der Waals surface area contributed by atoms with Gasteiger partial charge in [0.1, 0.15) is 5.82 Å². The van der Waals surface area contributed by atoms with E-state index in [0.717, 1.165) is 37.7 Å². The van der Waals surface area contributed by atoms with E-state index in [1.807, 2.05) is 11.9 Å². The van der Waals surface area contributed by atoms with Crippen LogP contribution in [-0.2, 0) is 4.79 Å². The van der Waals surface area contributed by atoms with E-state index in [0.29, 0.717) is 12.0 Å². The molecule has 0 bridgehead atoms. The summed E-state index contributed by atoms with van der Waals surface area (Å²) in [5, 5.41) is 9.20. The minimum atomic E-state index is -0.231. The molecule has 3 rings (SSSR count). The molecule has 0 aromatic heterocycles. The molecule has 1 N–H and O–H groups in total. The van der Waals surface area contributed by atoms with Crippen LogP contribution in [0.1, 0.15) is 43.6 Å². The molecule has 3 nitrogen and oxygen atoms in total. The molecule has 0 saturated heterocycles. The van der Waals surface area contributed by atoms with E-state index in [-0.39, 0.29) is 30.2 Å². The number of nitrogens with zero attached hydrogens (tertiary/aromatic N) is 1. The van der Waals surface area contributed by atoms with Gasteiger partial charge in [0.2, 0.25) is 5.91 Å². The monoisotopic (exact) mass is 305 g/mol. The molecule has 2 atom stereocenters. The average Bonchev–Trinajstić information content (AvgIpc) is 3.35. The van der Waals surface area contributed by atoms with Gasteiger partial charge in [0.15, 0.2) is 0 Å². The fourth-order valence-corrected chi connectivity index (χ4v) is 3.70. The minimum Gasteiger partial charge on any atom is -0.396 e. The molecular weight excluding hydrogens is 281 g/mol. The molecule has 1 aromatic rings. The Bertz CT molecular complexity index is 522. The highest BCUT2D eigenvalue weighted by molar-refractivity contribution is 5.83. The number of halogens is 1. The number of aliphatic hydroxyl groups excluding tert-OH is 1. The standard InChI is InChI=1S/C18H24FNO2/c1-20(15-8-2-12(11-21)3-9-15)18(22)17-10-16(17)13-4-6-14(19)7-5-13/h4-7,12,15-17,21H,2-3,8-11H2,1H3. The van der Waals surface area contributed by atoms with Gasteiger partial charge in [-0.15, -0.1) is 0 Å². The van der Waals surface area contributed by atoms with Crippen molar-refractivity contribution in [3.05, 3.63) is 35.6 Å². The first-order chi connectivity index (χ1) is 10.6. The Kier molecular flexibility index (Phi) is 4.48. The van der Waals surface area contributed by atoms with Gasteiger partial charge in [-0.1, -0.05) is 12.1 Å². The molecule has 0 spiro atoms. The van der Waals surface area contributed by atoms with Crippen molar-refractivity contribution < 1.29 is 14.3 Å². The van der Waals surface area contributed by atoms with Crippen LogP contribution in [0.5, 0.6) is 0 Å². The van der Waals surface area contributed by atoms with E-state index in [1.54, 1.807) is 12.1 Å². The molecule has 2 saturated carbocycles. The second-order valence-electron chi connectivity index (χ2n) is 6.81. The zero-order valence-electron chi connectivity index (χ0n) is 13.0. The molecule has 0 aliphatic heterocycles. The van der Waals surface area contributed by atoms with E-state index in [9.17, 15) is 14.3 Å². The fraction of sp³-hybridized carbons (Fsp3) is 0.611. The second kappa shape index (κ2) is 6.37. The Morgan fingerprint density at radius 1 is 1.23 bits per heavy atom. The summed E-state index contributed by atoms with van der Waals surface area (Å²) in [7, 11) is 1.91. The number of carbonyl (C=O) groups is 1. The molecule has 4 heteroatoms. The molecule has 22 heavy (non-hydrogen) atoms. The van der Waals surface area contributed by atoms with Gasteiger partial charge in [-0.3, -0.25) is 4.79 Å². The van der Waals surface area contributed by atoms with Crippen molar-refractivity contribution in [1.82, 2.24) is 4.90 Å². The van der Waals surface area contributed by atoms with Gasteiger partial charge < -0.3 is 10.0 Å². The second-order valence-corrected chi connectivity index (χ2v) is 6.81. The van der Waals surface area contributed by atoms with Crippen molar-refractivity contribution in [2.75, 3.05) is 13.7 Å². The summed E-state index contributed by atoms with van der Waals surface area (Å²) < 4.78 is 13.0. The van der Waals surface area contributed by atoms with Crippen LogP contribution < -0.4 is 0 Å². The van der Waals surface area contributed by atoms with Crippen LogP contribution in [0, 0.1) is 17.7 Å². The van der Waals surface area contributed by atoms with Crippen molar-refractivity contribution >= 4 is 5.91 Å². The third-order valence-corrected chi connectivity index (χ3v) is 5.38. The summed E-state index contributed by atoms with van der Waals surface area (Å²) in [6.07, 6.45) is 4.86. The number of hydrogen-bond donors (Lipinski definition) is 1. The fourth-order valence-electron chi connectivity index (χ4n) is 3.70.